The summed E-state index contributed by atoms with van der Waals surface area (Å²) in [5, 5.41) is 2.74. The van der Waals surface area contributed by atoms with Gasteiger partial charge in [-0.15, -0.1) is 0 Å². The molecule has 0 atom stereocenters. The maximum Gasteiger partial charge on any atom is 0.338 e. The zero-order valence-electron chi connectivity index (χ0n) is 16.1. The van der Waals surface area contributed by atoms with E-state index >= 15 is 0 Å². The Kier molecular flexibility index (Phi) is 7.63. The van der Waals surface area contributed by atoms with Gasteiger partial charge in [-0.05, 0) is 77.8 Å². The number of rotatable bonds is 7. The number of benzene rings is 2. The standard InChI is InChI=1S/C21H22BrNO5/c1-13(2)28-21(25)15-6-8-16(9-7-15)23-19(24)10-5-14-11-17(22)20(27-4)18(12-14)26-3/h5-13H,1-4H3,(H,23,24). The van der Waals surface area contributed by atoms with Crippen LogP contribution in [0, 0.1) is 0 Å². The van der Waals surface area contributed by atoms with Crippen molar-refractivity contribution in [3.63, 3.8) is 0 Å². The second-order valence-corrected chi connectivity index (χ2v) is 6.95. The van der Waals surface area contributed by atoms with Gasteiger partial charge in [0.2, 0.25) is 5.91 Å². The first kappa shape index (κ1) is 21.5. The molecule has 0 saturated heterocycles. The number of methoxy groups -OCH3 is 2. The smallest absolute Gasteiger partial charge is 0.338 e. The molecule has 1 N–H and O–H groups in total. The minimum Gasteiger partial charge on any atom is -0.493 e. The van der Waals surface area contributed by atoms with Crippen molar-refractivity contribution in [2.45, 2.75) is 20.0 Å². The molecule has 7 heteroatoms. The molecular weight excluding hydrogens is 426 g/mol. The lowest BCUT2D eigenvalue weighted by Gasteiger charge is -2.10. The molecule has 2 aromatic carbocycles. The number of hydrogen-bond donors (Lipinski definition) is 1. The van der Waals surface area contributed by atoms with Crippen LogP contribution in [0.25, 0.3) is 6.08 Å². The van der Waals surface area contributed by atoms with Crippen LogP contribution in [0.4, 0.5) is 5.69 Å². The van der Waals surface area contributed by atoms with Crippen molar-refractivity contribution in [3.8, 4) is 11.5 Å². The van der Waals surface area contributed by atoms with Crippen LogP contribution in [-0.2, 0) is 9.53 Å². The Morgan fingerprint density at radius 2 is 1.75 bits per heavy atom. The summed E-state index contributed by atoms with van der Waals surface area (Å²) in [5.74, 6) is 0.441. The van der Waals surface area contributed by atoms with Gasteiger partial charge in [0.1, 0.15) is 0 Å². The molecule has 0 heterocycles. The van der Waals surface area contributed by atoms with Crippen molar-refractivity contribution in [2.24, 2.45) is 0 Å². The Balaban J connectivity index is 2.04. The minimum atomic E-state index is -0.396. The molecule has 28 heavy (non-hydrogen) atoms. The Morgan fingerprint density at radius 3 is 2.32 bits per heavy atom. The van der Waals surface area contributed by atoms with E-state index in [0.717, 1.165) is 10.0 Å². The predicted octanol–water partition coefficient (Wildman–Crippen LogP) is 4.68. The second-order valence-electron chi connectivity index (χ2n) is 6.09. The molecule has 0 saturated carbocycles. The maximum atomic E-state index is 12.2. The quantitative estimate of drug-likeness (QED) is 0.492. The average Bonchev–Trinajstić information content (AvgIpc) is 2.65. The van der Waals surface area contributed by atoms with Gasteiger partial charge < -0.3 is 19.5 Å². The molecule has 0 fully saturated rings. The molecule has 148 valence electrons. The van der Waals surface area contributed by atoms with E-state index < -0.39 is 5.97 Å². The molecular formula is C21H22BrNO5. The van der Waals surface area contributed by atoms with E-state index in [4.69, 9.17) is 14.2 Å². The van der Waals surface area contributed by atoms with Crippen LogP contribution in [-0.4, -0.2) is 32.2 Å². The molecule has 1 amide bonds. The highest BCUT2D eigenvalue weighted by molar-refractivity contribution is 9.10. The van der Waals surface area contributed by atoms with Gasteiger partial charge in [-0.3, -0.25) is 4.79 Å². The fourth-order valence-electron chi connectivity index (χ4n) is 2.36. The third-order valence-corrected chi connectivity index (χ3v) is 4.20. The van der Waals surface area contributed by atoms with Crippen molar-refractivity contribution in [1.82, 2.24) is 0 Å². The number of carbonyl (C=O) groups excluding carboxylic acids is 2. The number of nitrogens with one attached hydrogen (secondary N) is 1. The van der Waals surface area contributed by atoms with E-state index in [0.29, 0.717) is 22.7 Å². The fraction of sp³-hybridized carbons (Fsp3) is 0.238. The zero-order valence-corrected chi connectivity index (χ0v) is 17.7. The highest BCUT2D eigenvalue weighted by Gasteiger charge is 2.10. The van der Waals surface area contributed by atoms with Gasteiger partial charge in [0.05, 0.1) is 30.4 Å². The molecule has 6 nitrogen and oxygen atoms in total. The van der Waals surface area contributed by atoms with Gasteiger partial charge in [-0.1, -0.05) is 0 Å². The van der Waals surface area contributed by atoms with E-state index in [-0.39, 0.29) is 12.0 Å². The largest absolute Gasteiger partial charge is 0.493 e. The Labute approximate surface area is 172 Å². The van der Waals surface area contributed by atoms with Crippen LogP contribution < -0.4 is 14.8 Å². The summed E-state index contributed by atoms with van der Waals surface area (Å²) in [4.78, 5) is 24.0. The summed E-state index contributed by atoms with van der Waals surface area (Å²) in [6, 6.07) is 10.1. The minimum absolute atomic E-state index is 0.186. The van der Waals surface area contributed by atoms with E-state index in [1.54, 1.807) is 64.5 Å². The molecule has 0 unspecified atom stereocenters. The van der Waals surface area contributed by atoms with Crippen LogP contribution in [0.3, 0.4) is 0 Å². The molecule has 0 radical (unpaired) electrons. The van der Waals surface area contributed by atoms with E-state index in [1.165, 1.54) is 6.08 Å². The first-order chi connectivity index (χ1) is 13.3. The van der Waals surface area contributed by atoms with Crippen LogP contribution >= 0.6 is 15.9 Å². The maximum absolute atomic E-state index is 12.2. The van der Waals surface area contributed by atoms with Crippen molar-refractivity contribution in [3.05, 3.63) is 58.1 Å². The predicted molar refractivity (Wildman–Crippen MR) is 112 cm³/mol. The summed E-state index contributed by atoms with van der Waals surface area (Å²) >= 11 is 3.42. The van der Waals surface area contributed by atoms with Crippen molar-refractivity contribution < 1.29 is 23.8 Å². The molecule has 0 bridgehead atoms. The summed E-state index contributed by atoms with van der Waals surface area (Å²) in [6.07, 6.45) is 2.89. The van der Waals surface area contributed by atoms with Crippen molar-refractivity contribution >= 4 is 39.6 Å². The lowest BCUT2D eigenvalue weighted by molar-refractivity contribution is -0.111. The number of amides is 1. The van der Waals surface area contributed by atoms with Gasteiger partial charge in [0, 0.05) is 11.8 Å². The zero-order chi connectivity index (χ0) is 20.7. The Hall–Kier alpha value is -2.80. The summed E-state index contributed by atoms with van der Waals surface area (Å²) in [7, 11) is 3.10. The van der Waals surface area contributed by atoms with Crippen LogP contribution in [0.15, 0.2) is 46.9 Å². The first-order valence-electron chi connectivity index (χ1n) is 8.55. The molecule has 2 aromatic rings. The van der Waals surface area contributed by atoms with E-state index in [9.17, 15) is 9.59 Å². The van der Waals surface area contributed by atoms with Crippen LogP contribution in [0.2, 0.25) is 0 Å². The highest BCUT2D eigenvalue weighted by Crippen LogP contribution is 2.36. The number of ether oxygens (including phenoxy) is 3. The first-order valence-corrected chi connectivity index (χ1v) is 9.35. The van der Waals surface area contributed by atoms with E-state index in [2.05, 4.69) is 21.2 Å². The lowest BCUT2D eigenvalue weighted by atomic mass is 10.2. The monoisotopic (exact) mass is 447 g/mol. The number of halogens is 1. The fourth-order valence-corrected chi connectivity index (χ4v) is 2.98. The SMILES string of the molecule is COc1cc(C=CC(=O)Nc2ccc(C(=O)OC(C)C)cc2)cc(Br)c1OC. The number of carbonyl (C=O) groups is 2. The van der Waals surface area contributed by atoms with Gasteiger partial charge in [-0.2, -0.15) is 0 Å². The topological polar surface area (TPSA) is 73.9 Å². The average molecular weight is 448 g/mol. The Morgan fingerprint density at radius 1 is 1.07 bits per heavy atom. The molecule has 0 aliphatic rings. The summed E-state index contributed by atoms with van der Waals surface area (Å²) in [5.41, 5.74) is 1.77. The van der Waals surface area contributed by atoms with Crippen LogP contribution in [0.5, 0.6) is 11.5 Å². The molecule has 2 rings (SSSR count). The molecule has 0 aliphatic carbocycles. The Bertz CT molecular complexity index is 875. The second kappa shape index (κ2) is 9.94. The lowest BCUT2D eigenvalue weighted by Crippen LogP contribution is -2.12. The van der Waals surface area contributed by atoms with Crippen LogP contribution in [0.1, 0.15) is 29.8 Å². The van der Waals surface area contributed by atoms with Crippen molar-refractivity contribution in [1.29, 1.82) is 0 Å². The molecule has 0 aromatic heterocycles. The third kappa shape index (κ3) is 5.85. The number of anilines is 1. The van der Waals surface area contributed by atoms with Gasteiger partial charge >= 0.3 is 5.97 Å². The molecule has 0 aliphatic heterocycles. The van der Waals surface area contributed by atoms with Gasteiger partial charge in [0.25, 0.3) is 0 Å². The van der Waals surface area contributed by atoms with Gasteiger partial charge in [-0.25, -0.2) is 4.79 Å². The summed E-state index contributed by atoms with van der Waals surface area (Å²) in [6.45, 7) is 3.57. The molecule has 0 spiro atoms. The van der Waals surface area contributed by atoms with Gasteiger partial charge in [0.15, 0.2) is 11.5 Å². The number of hydrogen-bond acceptors (Lipinski definition) is 5. The summed E-state index contributed by atoms with van der Waals surface area (Å²) < 4.78 is 16.4. The van der Waals surface area contributed by atoms with Crippen molar-refractivity contribution in [2.75, 3.05) is 19.5 Å². The highest BCUT2D eigenvalue weighted by atomic mass is 79.9. The normalized spacial score (nSPS) is 10.8. The third-order valence-electron chi connectivity index (χ3n) is 3.61. The number of esters is 1. The van der Waals surface area contributed by atoms with E-state index in [1.807, 2.05) is 6.07 Å².